The van der Waals surface area contributed by atoms with E-state index >= 15 is 0 Å². The first kappa shape index (κ1) is 21.8. The first-order chi connectivity index (χ1) is 13.9. The average Bonchev–Trinajstić information content (AvgIpc) is 3.01. The summed E-state index contributed by atoms with van der Waals surface area (Å²) in [5.41, 5.74) is 5.40. The van der Waals surface area contributed by atoms with Crippen molar-refractivity contribution in [2.75, 3.05) is 6.67 Å². The van der Waals surface area contributed by atoms with Crippen LogP contribution in [0.2, 0.25) is 0 Å². The lowest BCUT2D eigenvalue weighted by Crippen LogP contribution is -2.39. The molecule has 0 bridgehead atoms. The summed E-state index contributed by atoms with van der Waals surface area (Å²) in [6.07, 6.45) is -4.77. The van der Waals surface area contributed by atoms with Crippen LogP contribution >= 0.6 is 0 Å². The predicted octanol–water partition coefficient (Wildman–Crippen LogP) is 2.39. The molecule has 2 aliphatic rings. The summed E-state index contributed by atoms with van der Waals surface area (Å²) in [4.78, 5) is 4.39. The normalized spacial score (nSPS) is 21.2. The van der Waals surface area contributed by atoms with E-state index in [-0.39, 0.29) is 30.7 Å². The van der Waals surface area contributed by atoms with E-state index in [4.69, 9.17) is 15.9 Å². The van der Waals surface area contributed by atoms with Gasteiger partial charge in [0.15, 0.2) is 11.4 Å². The number of halogens is 3. The van der Waals surface area contributed by atoms with Crippen LogP contribution in [0, 0.1) is 5.41 Å². The quantitative estimate of drug-likeness (QED) is 0.499. The highest BCUT2D eigenvalue weighted by Crippen LogP contribution is 2.38. The van der Waals surface area contributed by atoms with Gasteiger partial charge in [-0.3, -0.25) is 10.4 Å². The number of aliphatic hydroxyl groups is 1. The van der Waals surface area contributed by atoms with Gasteiger partial charge < -0.3 is 26.2 Å². The molecule has 0 aliphatic carbocycles. The zero-order valence-corrected chi connectivity index (χ0v) is 16.8. The molecule has 1 saturated heterocycles. The maximum atomic E-state index is 13.0. The molecule has 1 fully saturated rings. The molecule has 7 nitrogen and oxygen atoms in total. The van der Waals surface area contributed by atoms with E-state index in [9.17, 15) is 18.3 Å². The summed E-state index contributed by atoms with van der Waals surface area (Å²) in [7, 11) is 0. The number of alkyl halides is 3. The van der Waals surface area contributed by atoms with E-state index in [0.29, 0.717) is 28.4 Å². The van der Waals surface area contributed by atoms with Gasteiger partial charge in [-0.25, -0.2) is 0 Å². The van der Waals surface area contributed by atoms with Gasteiger partial charge in [0.05, 0.1) is 5.57 Å². The van der Waals surface area contributed by atoms with Crippen LogP contribution in [0.1, 0.15) is 31.9 Å². The molecule has 0 spiro atoms. The molecule has 30 heavy (non-hydrogen) atoms. The molecule has 2 heterocycles. The number of fused-ring (bicyclic) bond motifs is 1. The van der Waals surface area contributed by atoms with Crippen molar-refractivity contribution in [3.8, 4) is 0 Å². The monoisotopic (exact) mass is 423 g/mol. The molecule has 1 aromatic rings. The number of nitrogens with two attached hydrogens (primary N) is 1. The summed E-state index contributed by atoms with van der Waals surface area (Å²) in [5.74, 6) is 0.891. The minimum absolute atomic E-state index is 0.0275. The Kier molecular flexibility index (Phi) is 5.66. The minimum atomic E-state index is -4.77. The summed E-state index contributed by atoms with van der Waals surface area (Å²) >= 11 is 0. The van der Waals surface area contributed by atoms with Gasteiger partial charge in [-0.2, -0.15) is 13.2 Å². The number of nitrogens with zero attached hydrogens (tertiary/aromatic N) is 1. The van der Waals surface area contributed by atoms with Crippen LogP contribution in [0.15, 0.2) is 52.0 Å². The van der Waals surface area contributed by atoms with Crippen molar-refractivity contribution in [3.05, 3.63) is 58.1 Å². The number of aliphatic imine (C=N–C) groups is 1. The van der Waals surface area contributed by atoms with Crippen LogP contribution in [0.5, 0.6) is 0 Å². The lowest BCUT2D eigenvalue weighted by Gasteiger charge is -2.26. The van der Waals surface area contributed by atoms with Crippen LogP contribution in [-0.4, -0.2) is 35.6 Å². The molecule has 2 atom stereocenters. The number of benzene rings is 1. The largest absolute Gasteiger partial charge is 0.433 e. The topological polar surface area (TPSA) is 116 Å². The number of rotatable bonds is 5. The molecule has 0 aromatic heterocycles. The second-order valence-corrected chi connectivity index (χ2v) is 7.44. The molecule has 2 unspecified atom stereocenters. The van der Waals surface area contributed by atoms with Gasteiger partial charge in [0.2, 0.25) is 5.90 Å². The van der Waals surface area contributed by atoms with Crippen LogP contribution in [0.4, 0.5) is 13.2 Å². The van der Waals surface area contributed by atoms with Crippen molar-refractivity contribution in [2.24, 2.45) is 10.7 Å². The van der Waals surface area contributed by atoms with Crippen molar-refractivity contribution in [1.29, 1.82) is 5.41 Å². The third kappa shape index (κ3) is 3.92. The maximum absolute atomic E-state index is 13.0. The molecular formula is C20H24F3N5O2. The number of hydrogen-bond acceptors (Lipinski definition) is 7. The summed E-state index contributed by atoms with van der Waals surface area (Å²) in [6, 6.07) is 5.25. The molecule has 0 radical (unpaired) electrons. The highest BCUT2D eigenvalue weighted by Gasteiger charge is 2.51. The maximum Gasteiger partial charge on any atom is 0.421 e. The molecule has 1 aromatic carbocycles. The molecular weight excluding hydrogens is 399 g/mol. The van der Waals surface area contributed by atoms with Gasteiger partial charge in [-0.1, -0.05) is 24.3 Å². The Bertz CT molecular complexity index is 944. The summed E-state index contributed by atoms with van der Waals surface area (Å²) in [6.45, 7) is 4.94. The van der Waals surface area contributed by atoms with Crippen LogP contribution in [0.3, 0.4) is 0 Å². The number of nitrogens with one attached hydrogen (secondary N) is 3. The Morgan fingerprint density at radius 1 is 1.37 bits per heavy atom. The standard InChI is InChI=1S/C20H24F3N5O2/c1-10(11(2)24)14-15-16(30-17(14)25)18(28-9-27-15)26-8-12-4-6-13(7-5-12)19(3,29)20(21,22)23/h4-7,11,25-26,28-29H,8-9,24H2,1-3H3/b14-10-,25-17?. The fraction of sp³-hybridized carbons (Fsp3) is 0.400. The molecule has 2 aliphatic heterocycles. The van der Waals surface area contributed by atoms with Crippen LogP contribution in [-0.2, 0) is 16.9 Å². The van der Waals surface area contributed by atoms with Crippen LogP contribution in [0.25, 0.3) is 0 Å². The van der Waals surface area contributed by atoms with E-state index in [2.05, 4.69) is 15.6 Å². The Balaban J connectivity index is 1.78. The van der Waals surface area contributed by atoms with E-state index in [0.717, 1.165) is 12.5 Å². The smallest absolute Gasteiger partial charge is 0.421 e. The lowest BCUT2D eigenvalue weighted by atomic mass is 9.94. The first-order valence-corrected chi connectivity index (χ1v) is 9.32. The number of allylic oxidation sites excluding steroid dienone is 1. The third-order valence-corrected chi connectivity index (χ3v) is 5.22. The van der Waals surface area contributed by atoms with E-state index in [1.165, 1.54) is 24.3 Å². The average molecular weight is 423 g/mol. The number of hydrogen-bond donors (Lipinski definition) is 5. The van der Waals surface area contributed by atoms with Crippen molar-refractivity contribution in [3.63, 3.8) is 0 Å². The Morgan fingerprint density at radius 2 is 2.00 bits per heavy atom. The molecule has 162 valence electrons. The third-order valence-electron chi connectivity index (χ3n) is 5.22. The van der Waals surface area contributed by atoms with E-state index in [1.54, 1.807) is 0 Å². The van der Waals surface area contributed by atoms with Gasteiger partial charge >= 0.3 is 6.18 Å². The fourth-order valence-electron chi connectivity index (χ4n) is 3.06. The van der Waals surface area contributed by atoms with Gasteiger partial charge in [0.25, 0.3) is 0 Å². The fourth-order valence-corrected chi connectivity index (χ4v) is 3.06. The van der Waals surface area contributed by atoms with Crippen molar-refractivity contribution in [1.82, 2.24) is 10.6 Å². The van der Waals surface area contributed by atoms with E-state index < -0.39 is 11.8 Å². The lowest BCUT2D eigenvalue weighted by molar-refractivity contribution is -0.258. The highest BCUT2D eigenvalue weighted by molar-refractivity contribution is 6.32. The van der Waals surface area contributed by atoms with Gasteiger partial charge in [0, 0.05) is 12.6 Å². The SMILES string of the molecule is C/C(=C1/C(=N)OC2=C(NCc3ccc(C(C)(O)C(F)(F)F)cc3)NCN=C21)C(C)N. The molecule has 6 N–H and O–H groups in total. The highest BCUT2D eigenvalue weighted by atomic mass is 19.4. The second kappa shape index (κ2) is 7.77. The number of ether oxygens (including phenoxy) is 1. The predicted molar refractivity (Wildman–Crippen MR) is 107 cm³/mol. The molecule has 10 heteroatoms. The Hall–Kier alpha value is -2.85. The zero-order chi connectivity index (χ0) is 22.3. The molecule has 0 saturated carbocycles. The summed E-state index contributed by atoms with van der Waals surface area (Å²) < 4.78 is 44.5. The Labute approximate surface area is 172 Å². The van der Waals surface area contributed by atoms with Gasteiger partial charge in [-0.15, -0.1) is 0 Å². The van der Waals surface area contributed by atoms with Gasteiger partial charge in [0.1, 0.15) is 18.2 Å². The van der Waals surface area contributed by atoms with Crippen molar-refractivity contribution >= 4 is 11.6 Å². The summed E-state index contributed by atoms with van der Waals surface area (Å²) in [5, 5.41) is 24.1. The second-order valence-electron chi connectivity index (χ2n) is 7.44. The van der Waals surface area contributed by atoms with Crippen molar-refractivity contribution in [2.45, 2.75) is 45.1 Å². The van der Waals surface area contributed by atoms with Crippen molar-refractivity contribution < 1.29 is 23.0 Å². The zero-order valence-electron chi connectivity index (χ0n) is 16.8. The van der Waals surface area contributed by atoms with Gasteiger partial charge in [-0.05, 0) is 37.5 Å². The Morgan fingerprint density at radius 3 is 2.57 bits per heavy atom. The first-order valence-electron chi connectivity index (χ1n) is 9.32. The molecule has 0 amide bonds. The minimum Gasteiger partial charge on any atom is -0.433 e. The van der Waals surface area contributed by atoms with Crippen LogP contribution < -0.4 is 16.4 Å². The van der Waals surface area contributed by atoms with E-state index in [1.807, 2.05) is 13.8 Å². The molecule has 3 rings (SSSR count).